The second-order valence-electron chi connectivity index (χ2n) is 18.3. The molecule has 1 atom stereocenters. The third kappa shape index (κ3) is 54.6. The van der Waals surface area contributed by atoms with Crippen LogP contribution in [0.3, 0.4) is 0 Å². The molecule has 390 valence electrons. The first-order chi connectivity index (χ1) is 34.0. The number of rotatable bonds is 49. The van der Waals surface area contributed by atoms with Crippen molar-refractivity contribution < 1.29 is 28.6 Å². The summed E-state index contributed by atoms with van der Waals surface area (Å²) in [7, 11) is 0. The number of carbonyl (C=O) groups excluding carboxylic acids is 3. The van der Waals surface area contributed by atoms with E-state index in [1.807, 2.05) is 72.9 Å². The Labute approximate surface area is 424 Å². The van der Waals surface area contributed by atoms with E-state index in [9.17, 15) is 14.4 Å². The molecule has 0 aromatic rings. The maximum absolute atomic E-state index is 12.8. The van der Waals surface area contributed by atoms with Crippen LogP contribution in [-0.2, 0) is 28.6 Å². The maximum Gasteiger partial charge on any atom is 0.306 e. The van der Waals surface area contributed by atoms with Gasteiger partial charge >= 0.3 is 17.9 Å². The van der Waals surface area contributed by atoms with Gasteiger partial charge in [-0.3, -0.25) is 14.4 Å². The number of allylic oxidation sites excluding steroid dienone is 20. The van der Waals surface area contributed by atoms with Gasteiger partial charge in [0, 0.05) is 19.3 Å². The summed E-state index contributed by atoms with van der Waals surface area (Å²) in [4.78, 5) is 38.1. The van der Waals surface area contributed by atoms with Gasteiger partial charge in [-0.25, -0.2) is 0 Å². The molecule has 6 nitrogen and oxygen atoms in total. The molecular formula is C63H102O6. The molecule has 0 aliphatic rings. The molecule has 6 heteroatoms. The number of esters is 3. The SMILES string of the molecule is CC\C=C/C=C\C=C/C=C\C=C\C=C/C=C\CCCCCC(=O)OCC(COC(=O)CCCCCCC/C=C\CCCCCCCCC)OC(=O)CCCCC/C=C\C=C/CCCCCCCCC. The van der Waals surface area contributed by atoms with Crippen molar-refractivity contribution in [2.75, 3.05) is 13.2 Å². The smallest absolute Gasteiger partial charge is 0.306 e. The van der Waals surface area contributed by atoms with Gasteiger partial charge in [-0.2, -0.15) is 0 Å². The minimum atomic E-state index is -0.818. The van der Waals surface area contributed by atoms with E-state index in [4.69, 9.17) is 14.2 Å². The lowest BCUT2D eigenvalue weighted by Crippen LogP contribution is -2.30. The molecular weight excluding hydrogens is 853 g/mol. The van der Waals surface area contributed by atoms with Gasteiger partial charge in [-0.1, -0.05) is 251 Å². The van der Waals surface area contributed by atoms with Crippen molar-refractivity contribution in [3.8, 4) is 0 Å². The van der Waals surface area contributed by atoms with Gasteiger partial charge in [-0.15, -0.1) is 0 Å². The zero-order chi connectivity index (χ0) is 50.0. The first kappa shape index (κ1) is 64.8. The van der Waals surface area contributed by atoms with Gasteiger partial charge in [0.2, 0.25) is 0 Å². The van der Waals surface area contributed by atoms with Gasteiger partial charge in [0.05, 0.1) is 0 Å². The third-order valence-corrected chi connectivity index (χ3v) is 11.6. The lowest BCUT2D eigenvalue weighted by Gasteiger charge is -2.18. The van der Waals surface area contributed by atoms with Crippen LogP contribution in [0.25, 0.3) is 0 Å². The lowest BCUT2D eigenvalue weighted by molar-refractivity contribution is -0.167. The summed E-state index contributed by atoms with van der Waals surface area (Å²) in [6.45, 7) is 6.41. The molecule has 0 spiro atoms. The van der Waals surface area contributed by atoms with E-state index in [-0.39, 0.29) is 37.5 Å². The van der Waals surface area contributed by atoms with E-state index in [0.29, 0.717) is 12.8 Å². The molecule has 0 saturated heterocycles. The molecule has 0 radical (unpaired) electrons. The van der Waals surface area contributed by atoms with Crippen LogP contribution in [0.5, 0.6) is 0 Å². The molecule has 69 heavy (non-hydrogen) atoms. The van der Waals surface area contributed by atoms with E-state index in [1.54, 1.807) is 0 Å². The topological polar surface area (TPSA) is 78.9 Å². The number of unbranched alkanes of at least 4 members (excludes halogenated alkanes) is 25. The quantitative estimate of drug-likeness (QED) is 0.0199. The second kappa shape index (κ2) is 56.4. The molecule has 0 bridgehead atoms. The summed E-state index contributed by atoms with van der Waals surface area (Å²) < 4.78 is 16.8. The van der Waals surface area contributed by atoms with E-state index < -0.39 is 6.10 Å². The summed E-state index contributed by atoms with van der Waals surface area (Å²) in [6.07, 6.45) is 77.5. The highest BCUT2D eigenvalue weighted by atomic mass is 16.6. The van der Waals surface area contributed by atoms with Crippen molar-refractivity contribution in [3.63, 3.8) is 0 Å². The van der Waals surface area contributed by atoms with E-state index >= 15 is 0 Å². The fourth-order valence-electron chi connectivity index (χ4n) is 7.41. The predicted molar refractivity (Wildman–Crippen MR) is 297 cm³/mol. The number of carbonyl (C=O) groups is 3. The minimum absolute atomic E-state index is 0.111. The molecule has 0 aliphatic carbocycles. The highest BCUT2D eigenvalue weighted by molar-refractivity contribution is 5.71. The fourth-order valence-corrected chi connectivity index (χ4v) is 7.41. The van der Waals surface area contributed by atoms with Crippen LogP contribution in [0.1, 0.15) is 239 Å². The van der Waals surface area contributed by atoms with Crippen LogP contribution < -0.4 is 0 Å². The second-order valence-corrected chi connectivity index (χ2v) is 18.3. The molecule has 0 aromatic heterocycles. The van der Waals surface area contributed by atoms with Crippen LogP contribution in [0.4, 0.5) is 0 Å². The zero-order valence-corrected chi connectivity index (χ0v) is 44.5. The maximum atomic E-state index is 12.8. The Hall–Kier alpha value is -4.19. The summed E-state index contributed by atoms with van der Waals surface area (Å²) in [5, 5.41) is 0. The third-order valence-electron chi connectivity index (χ3n) is 11.6. The Balaban J connectivity index is 4.56. The Morgan fingerprint density at radius 3 is 0.957 bits per heavy atom. The molecule has 0 amide bonds. The van der Waals surface area contributed by atoms with Crippen LogP contribution in [0.15, 0.2) is 122 Å². The fraction of sp³-hybridized carbons (Fsp3) is 0.635. The highest BCUT2D eigenvalue weighted by Crippen LogP contribution is 2.13. The van der Waals surface area contributed by atoms with Gasteiger partial charge < -0.3 is 14.2 Å². The molecule has 1 unspecified atom stereocenters. The van der Waals surface area contributed by atoms with Crippen LogP contribution in [0.2, 0.25) is 0 Å². The average Bonchev–Trinajstić information content (AvgIpc) is 3.35. The summed E-state index contributed by atoms with van der Waals surface area (Å²) in [5.41, 5.74) is 0. The normalized spacial score (nSPS) is 13.0. The Morgan fingerprint density at radius 2 is 0.580 bits per heavy atom. The molecule has 0 aliphatic heterocycles. The zero-order valence-electron chi connectivity index (χ0n) is 44.5. The van der Waals surface area contributed by atoms with E-state index in [0.717, 1.165) is 96.3 Å². The molecule has 0 saturated carbocycles. The molecule has 0 fully saturated rings. The van der Waals surface area contributed by atoms with Gasteiger partial charge in [0.1, 0.15) is 13.2 Å². The first-order valence-electron chi connectivity index (χ1n) is 28.2. The Bertz CT molecular complexity index is 1470. The first-order valence-corrected chi connectivity index (χ1v) is 28.2. The minimum Gasteiger partial charge on any atom is -0.462 e. The standard InChI is InChI=1S/C63H102O6/c1-4-7-10-13-16-19-22-25-28-31-32-33-36-38-41-44-47-50-53-56-62(65)68-59-60(69-63(66)57-54-51-48-45-42-39-35-30-27-24-21-18-15-12-9-6-3)58-67-61(64)55-52-49-46-43-40-37-34-29-26-23-20-17-14-11-8-5-2/h7,10,13,16,19,22,25,28-36,38-39,41-42,60H,4-6,8-9,11-12,14-15,17-18,20-21,23-24,26-27,37,40,43-59H2,1-3H3/b10-7-,16-13-,22-19-,28-25-,32-31+,34-29-,35-30-,36-33-,41-38-,42-39-. The number of ether oxygens (including phenoxy) is 3. The number of hydrogen-bond acceptors (Lipinski definition) is 6. The molecule has 0 rings (SSSR count). The predicted octanol–water partition coefficient (Wildman–Crippen LogP) is 18.9. The van der Waals surface area contributed by atoms with Crippen LogP contribution >= 0.6 is 0 Å². The van der Waals surface area contributed by atoms with Crippen LogP contribution in [-0.4, -0.2) is 37.2 Å². The van der Waals surface area contributed by atoms with Crippen molar-refractivity contribution >= 4 is 17.9 Å². The summed E-state index contributed by atoms with van der Waals surface area (Å²) in [6, 6.07) is 0. The molecule has 0 N–H and O–H groups in total. The Morgan fingerprint density at radius 1 is 0.304 bits per heavy atom. The average molecular weight is 956 g/mol. The van der Waals surface area contributed by atoms with Gasteiger partial charge in [-0.05, 0) is 89.9 Å². The summed E-state index contributed by atoms with van der Waals surface area (Å²) >= 11 is 0. The lowest BCUT2D eigenvalue weighted by atomic mass is 10.1. The largest absolute Gasteiger partial charge is 0.462 e. The van der Waals surface area contributed by atoms with Crippen molar-refractivity contribution in [2.24, 2.45) is 0 Å². The van der Waals surface area contributed by atoms with Crippen molar-refractivity contribution in [2.45, 2.75) is 245 Å². The molecule has 0 heterocycles. The van der Waals surface area contributed by atoms with Crippen molar-refractivity contribution in [1.82, 2.24) is 0 Å². The highest BCUT2D eigenvalue weighted by Gasteiger charge is 2.19. The van der Waals surface area contributed by atoms with Crippen LogP contribution in [0, 0.1) is 0 Å². The van der Waals surface area contributed by atoms with Crippen molar-refractivity contribution in [3.05, 3.63) is 122 Å². The van der Waals surface area contributed by atoms with Crippen molar-refractivity contribution in [1.29, 1.82) is 0 Å². The van der Waals surface area contributed by atoms with Gasteiger partial charge in [0.25, 0.3) is 0 Å². The Kier molecular flexibility index (Phi) is 53.0. The molecule has 0 aromatic carbocycles. The number of hydrogen-bond donors (Lipinski definition) is 0. The van der Waals surface area contributed by atoms with E-state index in [2.05, 4.69) is 69.4 Å². The monoisotopic (exact) mass is 955 g/mol. The summed E-state index contributed by atoms with van der Waals surface area (Å²) in [5.74, 6) is -0.994. The van der Waals surface area contributed by atoms with E-state index in [1.165, 1.54) is 103 Å². The van der Waals surface area contributed by atoms with Gasteiger partial charge in [0.15, 0.2) is 6.10 Å².